The van der Waals surface area contributed by atoms with Crippen molar-refractivity contribution in [1.29, 1.82) is 0 Å². The molecule has 11 unspecified atom stereocenters. The first-order chi connectivity index (χ1) is 24.0. The first-order valence-electron chi connectivity index (χ1n) is 19.9. The molecule has 0 heterocycles. The summed E-state index contributed by atoms with van der Waals surface area (Å²) in [5.74, 6) is 0.562. The summed E-state index contributed by atoms with van der Waals surface area (Å²) in [7, 11) is 0. The number of carboxylic acid groups (broad SMARTS) is 1. The van der Waals surface area contributed by atoms with Crippen molar-refractivity contribution >= 4 is 17.8 Å². The van der Waals surface area contributed by atoms with Crippen molar-refractivity contribution in [1.82, 2.24) is 10.6 Å². The molecule has 6 rings (SSSR count). The van der Waals surface area contributed by atoms with E-state index in [-0.39, 0.29) is 59.0 Å². The van der Waals surface area contributed by atoms with Crippen LogP contribution in [-0.4, -0.2) is 63.1 Å². The molecule has 0 radical (unpaired) electrons. The Bertz CT molecular complexity index is 1480. The van der Waals surface area contributed by atoms with Crippen molar-refractivity contribution in [3.8, 4) is 0 Å². The number of unbranched alkanes of at least 4 members (excludes halogenated alkanes) is 1. The zero-order valence-corrected chi connectivity index (χ0v) is 31.7. The van der Waals surface area contributed by atoms with Crippen LogP contribution in [0.2, 0.25) is 0 Å². The molecule has 0 aliphatic heterocycles. The number of fused-ring (bicyclic) bond motifs is 7. The lowest BCUT2D eigenvalue weighted by Gasteiger charge is -2.69. The van der Waals surface area contributed by atoms with E-state index >= 15 is 0 Å². The van der Waals surface area contributed by atoms with Gasteiger partial charge in [0.2, 0.25) is 5.91 Å². The number of rotatable bonds is 11. The highest BCUT2D eigenvalue weighted by molar-refractivity contribution is 5.94. The van der Waals surface area contributed by atoms with Gasteiger partial charge >= 0.3 is 5.97 Å². The minimum absolute atomic E-state index is 0.0236. The van der Waals surface area contributed by atoms with Gasteiger partial charge in [-0.1, -0.05) is 39.8 Å². The van der Waals surface area contributed by atoms with E-state index in [0.29, 0.717) is 68.0 Å². The molecule has 9 nitrogen and oxygen atoms in total. The molecule has 1 aromatic carbocycles. The molecule has 2 amide bonds. The van der Waals surface area contributed by atoms with Gasteiger partial charge in [-0.15, -0.1) is 0 Å². The van der Waals surface area contributed by atoms with Crippen molar-refractivity contribution in [2.45, 2.75) is 136 Å². The Kier molecular flexibility index (Phi) is 10.5. The second kappa shape index (κ2) is 14.1. The van der Waals surface area contributed by atoms with Gasteiger partial charge in [-0.25, -0.2) is 0 Å². The Morgan fingerprint density at radius 3 is 2.33 bits per heavy atom. The maximum Gasteiger partial charge on any atom is 0.303 e. The number of aliphatic carboxylic acids is 1. The average Bonchev–Trinajstić information content (AvgIpc) is 3.51. The molecule has 0 aromatic heterocycles. The Balaban J connectivity index is 1.20. The maximum absolute atomic E-state index is 14.6. The molecule has 284 valence electrons. The average molecular weight is 709 g/mol. The lowest BCUT2D eigenvalue weighted by molar-refractivity contribution is -0.220. The quantitative estimate of drug-likeness (QED) is 0.152. The number of carboxylic acids is 1. The molecule has 1 aromatic rings. The van der Waals surface area contributed by atoms with E-state index < -0.39 is 17.0 Å². The first kappa shape index (κ1) is 38.2. The fraction of sp³-hybridized carbons (Fsp3) is 0.786. The number of carbonyl (C=O) groups excluding carboxylic acids is 2. The molecule has 5 saturated carbocycles. The van der Waals surface area contributed by atoms with Crippen LogP contribution >= 0.6 is 0 Å². The largest absolute Gasteiger partial charge is 0.481 e. The number of aliphatic hydroxyl groups excluding tert-OH is 2. The van der Waals surface area contributed by atoms with Gasteiger partial charge in [0.15, 0.2) is 0 Å². The first-order valence-corrected chi connectivity index (χ1v) is 19.9. The van der Waals surface area contributed by atoms with E-state index in [1.165, 1.54) is 0 Å². The van der Waals surface area contributed by atoms with Gasteiger partial charge in [0, 0.05) is 25.1 Å². The normalized spacial score (nSPS) is 39.3. The number of hydrogen-bond acceptors (Lipinski definition) is 6. The number of aliphatic hydroxyl groups is 3. The molecule has 5 aliphatic carbocycles. The fourth-order valence-corrected chi connectivity index (χ4v) is 13.3. The maximum atomic E-state index is 14.6. The van der Waals surface area contributed by atoms with Crippen LogP contribution in [0.25, 0.3) is 0 Å². The lowest BCUT2D eigenvalue weighted by atomic mass is 9.36. The summed E-state index contributed by atoms with van der Waals surface area (Å²) in [4.78, 5) is 38.2. The summed E-state index contributed by atoms with van der Waals surface area (Å²) >= 11 is 0. The van der Waals surface area contributed by atoms with Crippen molar-refractivity contribution in [2.24, 2.45) is 57.2 Å². The van der Waals surface area contributed by atoms with Crippen molar-refractivity contribution in [3.05, 3.63) is 35.4 Å². The van der Waals surface area contributed by atoms with Crippen LogP contribution in [0.5, 0.6) is 0 Å². The van der Waals surface area contributed by atoms with Gasteiger partial charge < -0.3 is 31.1 Å². The topological polar surface area (TPSA) is 156 Å². The third-order valence-corrected chi connectivity index (χ3v) is 15.9. The zero-order valence-electron chi connectivity index (χ0n) is 31.7. The molecule has 5 fully saturated rings. The minimum atomic E-state index is -1.27. The molecule has 9 heteroatoms. The van der Waals surface area contributed by atoms with Gasteiger partial charge in [0.05, 0.1) is 23.7 Å². The van der Waals surface area contributed by atoms with E-state index in [1.54, 1.807) is 19.1 Å². The molecular formula is C42H64N2O7. The van der Waals surface area contributed by atoms with Crippen molar-refractivity contribution < 1.29 is 34.8 Å². The number of nitrogens with one attached hydrogen (secondary N) is 2. The van der Waals surface area contributed by atoms with Gasteiger partial charge in [-0.3, -0.25) is 14.4 Å². The number of carbonyl (C=O) groups is 3. The van der Waals surface area contributed by atoms with Crippen LogP contribution in [-0.2, 0) is 16.1 Å². The number of amides is 2. The summed E-state index contributed by atoms with van der Waals surface area (Å²) in [5.41, 5.74) is -0.353. The van der Waals surface area contributed by atoms with Gasteiger partial charge in [-0.2, -0.15) is 0 Å². The van der Waals surface area contributed by atoms with Crippen molar-refractivity contribution in [3.63, 3.8) is 0 Å². The van der Waals surface area contributed by atoms with Crippen molar-refractivity contribution in [2.75, 3.05) is 13.2 Å². The highest BCUT2D eigenvalue weighted by Crippen LogP contribution is 2.74. The van der Waals surface area contributed by atoms with Gasteiger partial charge in [0.1, 0.15) is 0 Å². The Morgan fingerprint density at radius 1 is 0.882 bits per heavy atom. The van der Waals surface area contributed by atoms with Crippen LogP contribution in [0, 0.1) is 57.2 Å². The minimum Gasteiger partial charge on any atom is -0.481 e. The van der Waals surface area contributed by atoms with Crippen LogP contribution in [0.3, 0.4) is 0 Å². The third kappa shape index (κ3) is 6.56. The van der Waals surface area contributed by atoms with E-state index in [4.69, 9.17) is 5.11 Å². The summed E-state index contributed by atoms with van der Waals surface area (Å²) in [6.07, 6.45) is 10.4. The van der Waals surface area contributed by atoms with Gasteiger partial charge in [-0.05, 0) is 153 Å². The number of hydrogen-bond donors (Lipinski definition) is 6. The van der Waals surface area contributed by atoms with E-state index in [0.717, 1.165) is 56.9 Å². The number of benzene rings is 1. The Labute approximate surface area is 304 Å². The van der Waals surface area contributed by atoms with Crippen LogP contribution in [0.4, 0.5) is 0 Å². The molecule has 5 aliphatic rings. The predicted molar refractivity (Wildman–Crippen MR) is 195 cm³/mol. The third-order valence-electron chi connectivity index (χ3n) is 15.9. The Hall–Kier alpha value is -2.49. The summed E-state index contributed by atoms with van der Waals surface area (Å²) in [6, 6.07) is 7.28. The van der Waals surface area contributed by atoms with E-state index in [2.05, 4.69) is 38.3 Å². The monoisotopic (exact) mass is 708 g/mol. The van der Waals surface area contributed by atoms with E-state index in [1.807, 2.05) is 12.1 Å². The fourth-order valence-electron chi connectivity index (χ4n) is 13.3. The SMILES string of the molecule is CC(O)(CO)C1CCC2(C(=O)NCc3cccc(C(=O)NCCCCC(=O)O)c3)CCC3C(CCC4C3(C)CCC3C(C)(C)C(O)CCC34C)C12. The summed E-state index contributed by atoms with van der Waals surface area (Å²) in [5, 5.41) is 48.1. The summed E-state index contributed by atoms with van der Waals surface area (Å²) < 4.78 is 0. The molecule has 0 saturated heterocycles. The molecule has 11 atom stereocenters. The standard InChI is InChI=1S/C42H64N2O7/c1-38(2)31-16-18-39(3)29-14-20-42(37(50)44-24-26-9-8-10-27(23-26)36(49)43-22-7-6-11-34(47)48)21-15-30(41(5,51)25-45)35(42)28(29)12-13-32(39)40(31,4)19-17-33(38)46/h8-10,23,28-33,35,45-46,51H,6-7,11-22,24-25H2,1-5H3,(H,43,49)(H,44,50)(H,47,48). The van der Waals surface area contributed by atoms with E-state index in [9.17, 15) is 29.7 Å². The van der Waals surface area contributed by atoms with Crippen LogP contribution < -0.4 is 10.6 Å². The molecule has 0 bridgehead atoms. The van der Waals surface area contributed by atoms with Crippen LogP contribution in [0.1, 0.15) is 134 Å². The second-order valence-electron chi connectivity index (χ2n) is 18.7. The highest BCUT2D eigenvalue weighted by atomic mass is 16.4. The lowest BCUT2D eigenvalue weighted by Crippen LogP contribution is -2.64. The molecular weight excluding hydrogens is 644 g/mol. The molecule has 0 spiro atoms. The molecule has 51 heavy (non-hydrogen) atoms. The molecule has 6 N–H and O–H groups in total. The zero-order chi connectivity index (χ0) is 37.0. The predicted octanol–water partition coefficient (Wildman–Crippen LogP) is 6.08. The smallest absolute Gasteiger partial charge is 0.303 e. The second-order valence-corrected chi connectivity index (χ2v) is 18.7. The van der Waals surface area contributed by atoms with Crippen LogP contribution in [0.15, 0.2) is 24.3 Å². The van der Waals surface area contributed by atoms with Gasteiger partial charge in [0.25, 0.3) is 5.91 Å². The summed E-state index contributed by atoms with van der Waals surface area (Å²) in [6.45, 7) is 11.7. The Morgan fingerprint density at radius 2 is 1.61 bits per heavy atom. The highest BCUT2D eigenvalue weighted by Gasteiger charge is 2.69.